The number of amides is 1. The van der Waals surface area contributed by atoms with E-state index in [4.69, 9.17) is 5.11 Å². The number of carboxylic acids is 1. The van der Waals surface area contributed by atoms with Crippen LogP contribution >= 0.6 is 0 Å². The Kier molecular flexibility index (Phi) is 9.28. The van der Waals surface area contributed by atoms with Crippen LogP contribution in [0.4, 0.5) is 0 Å². The van der Waals surface area contributed by atoms with Crippen molar-refractivity contribution in [3.8, 4) is 39.9 Å². The number of phenols is 5. The summed E-state index contributed by atoms with van der Waals surface area (Å²) >= 11 is 0. The number of benzene rings is 2. The highest BCUT2D eigenvalue weighted by Crippen LogP contribution is 2.54. The van der Waals surface area contributed by atoms with E-state index >= 15 is 0 Å². The first-order valence-corrected chi connectivity index (χ1v) is 9.38. The summed E-state index contributed by atoms with van der Waals surface area (Å²) in [6.07, 6.45) is 4.09. The smallest absolute Gasteiger partial charge is 0.303 e. The highest BCUT2D eigenvalue weighted by atomic mass is 16.4. The topological polar surface area (TPSA) is 182 Å². The van der Waals surface area contributed by atoms with Crippen molar-refractivity contribution in [1.82, 2.24) is 0 Å². The summed E-state index contributed by atoms with van der Waals surface area (Å²) in [5, 5.41) is 56.3. The average Bonchev–Trinajstić information content (AvgIpc) is 2.71. The third-order valence-corrected chi connectivity index (χ3v) is 4.27. The molecule has 9 heteroatoms. The summed E-state index contributed by atoms with van der Waals surface area (Å²) in [5.41, 5.74) is 6.08. The van der Waals surface area contributed by atoms with E-state index in [2.05, 4.69) is 12.7 Å². The number of aromatic hydroxyl groups is 5. The summed E-state index contributed by atoms with van der Waals surface area (Å²) < 4.78 is 0. The van der Waals surface area contributed by atoms with Crippen LogP contribution in [0.15, 0.2) is 24.3 Å². The number of nitrogens with two attached hydrogens (primary N) is 1. The Morgan fingerprint density at radius 2 is 1.30 bits per heavy atom. The van der Waals surface area contributed by atoms with Crippen LogP contribution in [0.5, 0.6) is 28.7 Å². The zero-order valence-corrected chi connectivity index (χ0v) is 16.6. The van der Waals surface area contributed by atoms with Crippen molar-refractivity contribution in [2.24, 2.45) is 5.73 Å². The Labute approximate surface area is 173 Å². The average molecular weight is 421 g/mol. The number of hydrogen-bond donors (Lipinski definition) is 7. The summed E-state index contributed by atoms with van der Waals surface area (Å²) in [5.74, 6) is -5.60. The van der Waals surface area contributed by atoms with Crippen molar-refractivity contribution in [1.29, 1.82) is 0 Å². The van der Waals surface area contributed by atoms with Crippen LogP contribution in [0.2, 0.25) is 0 Å². The number of phenolic OH excluding ortho intramolecular Hbond substituents is 5. The molecule has 0 aliphatic carbocycles. The minimum absolute atomic E-state index is 0.0741. The lowest BCUT2D eigenvalue weighted by Crippen LogP contribution is -2.12. The molecular formula is C21H27NO8. The standard InChI is InChI=1S/C17H20O5.C4H7NO3/c1-2-3-4-5-10-6-8-11(9-7-10)12-13(18)15(20)17(22)16(21)14(12)19;5-3(6)1-2-4(7)8/h6-9,18-22H,2-5H2,1H3;1-2H2,(H2,5,6)(H,7,8). The maximum Gasteiger partial charge on any atom is 0.303 e. The van der Waals surface area contributed by atoms with Crippen LogP contribution in [0.3, 0.4) is 0 Å². The zero-order chi connectivity index (χ0) is 22.8. The minimum Gasteiger partial charge on any atom is -0.504 e. The molecule has 2 aromatic carbocycles. The van der Waals surface area contributed by atoms with Crippen LogP contribution in [-0.2, 0) is 16.0 Å². The highest BCUT2D eigenvalue weighted by molar-refractivity contribution is 5.85. The first-order chi connectivity index (χ1) is 14.1. The summed E-state index contributed by atoms with van der Waals surface area (Å²) in [6.45, 7) is 2.14. The molecule has 9 nitrogen and oxygen atoms in total. The molecule has 1 amide bonds. The Morgan fingerprint density at radius 3 is 1.70 bits per heavy atom. The molecule has 0 saturated heterocycles. The van der Waals surface area contributed by atoms with Crippen LogP contribution < -0.4 is 5.73 Å². The Balaban J connectivity index is 0.000000479. The second-order valence-electron chi connectivity index (χ2n) is 6.63. The van der Waals surface area contributed by atoms with Crippen LogP contribution in [-0.4, -0.2) is 42.5 Å². The molecule has 0 radical (unpaired) electrons. The second-order valence-corrected chi connectivity index (χ2v) is 6.63. The van der Waals surface area contributed by atoms with E-state index < -0.39 is 40.6 Å². The van der Waals surface area contributed by atoms with Crippen LogP contribution in [0.1, 0.15) is 44.6 Å². The molecule has 2 aromatic rings. The van der Waals surface area contributed by atoms with Crippen molar-refractivity contribution in [2.75, 3.05) is 0 Å². The van der Waals surface area contributed by atoms with Crippen LogP contribution in [0.25, 0.3) is 11.1 Å². The second kappa shape index (κ2) is 11.4. The van der Waals surface area contributed by atoms with Gasteiger partial charge in [0.15, 0.2) is 11.5 Å². The number of carbonyl (C=O) groups excluding carboxylic acids is 1. The molecule has 0 bridgehead atoms. The van der Waals surface area contributed by atoms with Gasteiger partial charge in [-0.05, 0) is 24.0 Å². The minimum atomic E-state index is -0.996. The molecule has 2 rings (SSSR count). The van der Waals surface area contributed by atoms with Crippen molar-refractivity contribution < 1.29 is 40.2 Å². The fraction of sp³-hybridized carbons (Fsp3) is 0.333. The molecule has 0 aromatic heterocycles. The lowest BCUT2D eigenvalue weighted by molar-refractivity contribution is -0.138. The van der Waals surface area contributed by atoms with Gasteiger partial charge in [-0.25, -0.2) is 0 Å². The van der Waals surface area contributed by atoms with Crippen LogP contribution in [0, 0.1) is 0 Å². The molecule has 0 heterocycles. The van der Waals surface area contributed by atoms with E-state index in [0.717, 1.165) is 31.2 Å². The predicted octanol–water partition coefficient (Wildman–Crippen LogP) is 2.95. The van der Waals surface area contributed by atoms with E-state index in [-0.39, 0.29) is 18.4 Å². The number of primary amides is 1. The molecule has 0 atom stereocenters. The number of carboxylic acid groups (broad SMARTS) is 1. The van der Waals surface area contributed by atoms with Gasteiger partial charge in [-0.2, -0.15) is 0 Å². The normalized spacial score (nSPS) is 10.2. The van der Waals surface area contributed by atoms with Crippen molar-refractivity contribution in [2.45, 2.75) is 45.4 Å². The van der Waals surface area contributed by atoms with Gasteiger partial charge in [0.25, 0.3) is 0 Å². The molecule has 0 spiro atoms. The molecule has 164 valence electrons. The van der Waals surface area contributed by atoms with Crippen molar-refractivity contribution in [3.05, 3.63) is 29.8 Å². The summed E-state index contributed by atoms with van der Waals surface area (Å²) in [4.78, 5) is 19.6. The molecule has 0 aliphatic heterocycles. The monoisotopic (exact) mass is 421 g/mol. The van der Waals surface area contributed by atoms with Gasteiger partial charge in [0.05, 0.1) is 12.0 Å². The largest absolute Gasteiger partial charge is 0.504 e. The molecular weight excluding hydrogens is 394 g/mol. The Morgan fingerprint density at radius 1 is 0.800 bits per heavy atom. The zero-order valence-electron chi connectivity index (χ0n) is 16.6. The van der Waals surface area contributed by atoms with Gasteiger partial charge in [-0.3, -0.25) is 9.59 Å². The Hall–Kier alpha value is -3.62. The van der Waals surface area contributed by atoms with E-state index in [1.165, 1.54) is 0 Å². The number of rotatable bonds is 8. The first kappa shape index (κ1) is 24.4. The van der Waals surface area contributed by atoms with Gasteiger partial charge in [0.2, 0.25) is 23.2 Å². The maximum atomic E-state index is 9.90. The van der Waals surface area contributed by atoms with Gasteiger partial charge in [-0.15, -0.1) is 0 Å². The maximum absolute atomic E-state index is 9.90. The molecule has 0 fully saturated rings. The van der Waals surface area contributed by atoms with E-state index in [9.17, 15) is 35.1 Å². The molecule has 0 unspecified atom stereocenters. The number of aliphatic carboxylic acids is 1. The van der Waals surface area contributed by atoms with Gasteiger partial charge < -0.3 is 36.4 Å². The predicted molar refractivity (Wildman–Crippen MR) is 109 cm³/mol. The van der Waals surface area contributed by atoms with E-state index in [1.54, 1.807) is 12.1 Å². The van der Waals surface area contributed by atoms with Gasteiger partial charge in [0.1, 0.15) is 0 Å². The number of hydrogen-bond acceptors (Lipinski definition) is 7. The first-order valence-electron chi connectivity index (χ1n) is 9.38. The fourth-order valence-corrected chi connectivity index (χ4v) is 2.61. The Bertz CT molecular complexity index is 835. The molecule has 30 heavy (non-hydrogen) atoms. The summed E-state index contributed by atoms with van der Waals surface area (Å²) in [6, 6.07) is 7.10. The molecule has 0 aliphatic rings. The molecule has 8 N–H and O–H groups in total. The number of unbranched alkanes of at least 4 members (excludes halogenated alkanes) is 2. The highest BCUT2D eigenvalue weighted by Gasteiger charge is 2.23. The third-order valence-electron chi connectivity index (χ3n) is 4.27. The third kappa shape index (κ3) is 6.77. The van der Waals surface area contributed by atoms with Gasteiger partial charge in [0, 0.05) is 6.42 Å². The van der Waals surface area contributed by atoms with E-state index in [0.29, 0.717) is 5.56 Å². The van der Waals surface area contributed by atoms with Gasteiger partial charge in [-0.1, -0.05) is 44.0 Å². The van der Waals surface area contributed by atoms with Crippen molar-refractivity contribution in [3.63, 3.8) is 0 Å². The van der Waals surface area contributed by atoms with E-state index in [1.807, 2.05) is 12.1 Å². The SMILES string of the molecule is CCCCCc1ccc(-c2c(O)c(O)c(O)c(O)c2O)cc1.NC(=O)CCC(=O)O. The molecule has 0 saturated carbocycles. The number of carbonyl (C=O) groups is 2. The van der Waals surface area contributed by atoms with Gasteiger partial charge >= 0.3 is 5.97 Å². The fourth-order valence-electron chi connectivity index (χ4n) is 2.61. The lowest BCUT2D eigenvalue weighted by Gasteiger charge is -2.13. The quantitative estimate of drug-likeness (QED) is 0.193. The summed E-state index contributed by atoms with van der Waals surface area (Å²) in [7, 11) is 0. The van der Waals surface area contributed by atoms with Crippen molar-refractivity contribution >= 4 is 11.9 Å². The lowest BCUT2D eigenvalue weighted by atomic mass is 9.99. The number of aryl methyl sites for hydroxylation is 1.